The SMILES string of the molecule is COC(=O)c1ccc([C@@H]2CC(=O)Nc3c2c(C)nn3-c2nc3ccccc3[nH]2)cc1. The van der Waals surface area contributed by atoms with E-state index >= 15 is 0 Å². The van der Waals surface area contributed by atoms with Gasteiger partial charge < -0.3 is 15.0 Å². The molecule has 0 fully saturated rings. The first kappa shape index (κ1) is 18.1. The fourth-order valence-electron chi connectivity index (χ4n) is 3.99. The second-order valence-corrected chi connectivity index (χ2v) is 7.26. The number of hydrogen-bond donors (Lipinski definition) is 2. The number of anilines is 1. The molecule has 30 heavy (non-hydrogen) atoms. The van der Waals surface area contributed by atoms with E-state index in [9.17, 15) is 9.59 Å². The maximum absolute atomic E-state index is 12.5. The highest BCUT2D eigenvalue weighted by molar-refractivity contribution is 5.95. The number of fused-ring (bicyclic) bond motifs is 2. The predicted octanol–water partition coefficient (Wildman–Crippen LogP) is 3.32. The van der Waals surface area contributed by atoms with E-state index in [4.69, 9.17) is 4.74 Å². The minimum Gasteiger partial charge on any atom is -0.465 e. The molecule has 1 aliphatic rings. The number of hydrogen-bond acceptors (Lipinski definition) is 5. The minimum atomic E-state index is -0.391. The number of nitrogens with one attached hydrogen (secondary N) is 2. The highest BCUT2D eigenvalue weighted by atomic mass is 16.5. The number of aryl methyl sites for hydroxylation is 1. The van der Waals surface area contributed by atoms with E-state index in [2.05, 4.69) is 20.4 Å². The molecular formula is C22H19N5O3. The van der Waals surface area contributed by atoms with Crippen molar-refractivity contribution in [1.29, 1.82) is 0 Å². The van der Waals surface area contributed by atoms with Crippen LogP contribution < -0.4 is 5.32 Å². The fraction of sp³-hybridized carbons (Fsp3) is 0.182. The molecule has 0 saturated carbocycles. The molecule has 1 aliphatic heterocycles. The van der Waals surface area contributed by atoms with Gasteiger partial charge >= 0.3 is 5.97 Å². The highest BCUT2D eigenvalue weighted by Crippen LogP contribution is 2.40. The fourth-order valence-corrected chi connectivity index (χ4v) is 3.99. The van der Waals surface area contributed by atoms with Gasteiger partial charge in [-0.1, -0.05) is 24.3 Å². The molecule has 2 aromatic carbocycles. The normalized spacial score (nSPS) is 15.7. The molecule has 1 amide bonds. The maximum Gasteiger partial charge on any atom is 0.337 e. The van der Waals surface area contributed by atoms with Gasteiger partial charge in [0, 0.05) is 17.9 Å². The lowest BCUT2D eigenvalue weighted by Crippen LogP contribution is -2.25. The van der Waals surface area contributed by atoms with Crippen LogP contribution in [0.3, 0.4) is 0 Å². The van der Waals surface area contributed by atoms with E-state index in [0.29, 0.717) is 23.8 Å². The minimum absolute atomic E-state index is 0.0956. The Morgan fingerprint density at radius 3 is 2.67 bits per heavy atom. The summed E-state index contributed by atoms with van der Waals surface area (Å²) in [5, 5.41) is 7.62. The molecule has 3 heterocycles. The number of amides is 1. The average Bonchev–Trinajstić information content (AvgIpc) is 3.33. The Bertz CT molecular complexity index is 1250. The lowest BCUT2D eigenvalue weighted by atomic mass is 9.85. The molecule has 1 atom stereocenters. The standard InChI is InChI=1S/C22H19N5O3/c1-12-19-15(13-7-9-14(10-8-13)21(29)30-2)11-18(28)25-20(19)27(26-12)22-23-16-5-3-4-6-17(16)24-22/h3-10,15H,11H2,1-2H3,(H,23,24)(H,25,28)/t15-/m0/s1. The molecule has 8 heteroatoms. The Hall–Kier alpha value is -3.94. The van der Waals surface area contributed by atoms with Crippen LogP contribution in [0.5, 0.6) is 0 Å². The molecule has 2 N–H and O–H groups in total. The van der Waals surface area contributed by atoms with Gasteiger partial charge in [0.1, 0.15) is 5.82 Å². The van der Waals surface area contributed by atoms with Crippen molar-refractivity contribution in [3.8, 4) is 5.95 Å². The highest BCUT2D eigenvalue weighted by Gasteiger charge is 2.33. The van der Waals surface area contributed by atoms with Crippen LogP contribution in [0.1, 0.15) is 39.5 Å². The van der Waals surface area contributed by atoms with Crippen LogP contribution in [0.15, 0.2) is 48.5 Å². The van der Waals surface area contributed by atoms with Gasteiger partial charge in [0.2, 0.25) is 11.9 Å². The summed E-state index contributed by atoms with van der Waals surface area (Å²) in [7, 11) is 1.35. The number of aromatic amines is 1. The van der Waals surface area contributed by atoms with Crippen molar-refractivity contribution in [2.45, 2.75) is 19.3 Å². The van der Waals surface area contributed by atoms with Crippen molar-refractivity contribution in [1.82, 2.24) is 19.7 Å². The quantitative estimate of drug-likeness (QED) is 0.513. The summed E-state index contributed by atoms with van der Waals surface area (Å²) in [4.78, 5) is 32.1. The zero-order chi connectivity index (χ0) is 20.8. The molecule has 0 aliphatic carbocycles. The summed E-state index contributed by atoms with van der Waals surface area (Å²) in [5.41, 5.74) is 4.88. The Labute approximate surface area is 171 Å². The number of methoxy groups -OCH3 is 1. The van der Waals surface area contributed by atoms with Gasteiger partial charge in [0.05, 0.1) is 29.4 Å². The zero-order valence-corrected chi connectivity index (χ0v) is 16.5. The second kappa shape index (κ2) is 6.84. The van der Waals surface area contributed by atoms with Crippen molar-refractivity contribution in [2.24, 2.45) is 0 Å². The first-order chi connectivity index (χ1) is 14.5. The van der Waals surface area contributed by atoms with Crippen LogP contribution in [0.25, 0.3) is 17.0 Å². The van der Waals surface area contributed by atoms with Crippen molar-refractivity contribution < 1.29 is 14.3 Å². The van der Waals surface area contributed by atoms with Crippen molar-refractivity contribution in [3.05, 3.63) is 70.9 Å². The molecule has 0 bridgehead atoms. The number of benzene rings is 2. The summed E-state index contributed by atoms with van der Waals surface area (Å²) >= 11 is 0. The van der Waals surface area contributed by atoms with E-state index in [1.54, 1.807) is 16.8 Å². The average molecular weight is 401 g/mol. The Morgan fingerprint density at radius 2 is 1.93 bits per heavy atom. The number of para-hydroxylation sites is 2. The summed E-state index contributed by atoms with van der Waals surface area (Å²) in [5.74, 6) is 0.505. The van der Waals surface area contributed by atoms with Crippen LogP contribution in [-0.2, 0) is 9.53 Å². The Balaban J connectivity index is 1.60. The number of carbonyl (C=O) groups excluding carboxylic acids is 2. The number of carbonyl (C=O) groups is 2. The van der Waals surface area contributed by atoms with E-state index < -0.39 is 5.97 Å². The van der Waals surface area contributed by atoms with Crippen LogP contribution in [-0.4, -0.2) is 38.7 Å². The van der Waals surface area contributed by atoms with Crippen LogP contribution in [0, 0.1) is 6.92 Å². The number of nitrogens with zero attached hydrogens (tertiary/aromatic N) is 3. The van der Waals surface area contributed by atoms with Crippen molar-refractivity contribution in [2.75, 3.05) is 12.4 Å². The smallest absolute Gasteiger partial charge is 0.337 e. The third-order valence-electron chi connectivity index (χ3n) is 5.41. The molecule has 4 aromatic rings. The van der Waals surface area contributed by atoms with Crippen LogP contribution >= 0.6 is 0 Å². The summed E-state index contributed by atoms with van der Waals surface area (Å²) < 4.78 is 6.41. The Morgan fingerprint density at radius 1 is 1.17 bits per heavy atom. The number of rotatable bonds is 3. The Kier molecular flexibility index (Phi) is 4.13. The van der Waals surface area contributed by atoms with Gasteiger partial charge in [-0.05, 0) is 36.8 Å². The first-order valence-electron chi connectivity index (χ1n) is 9.58. The number of esters is 1. The molecule has 150 valence electrons. The van der Waals surface area contributed by atoms with E-state index in [1.165, 1.54) is 7.11 Å². The number of imidazole rings is 1. The summed E-state index contributed by atoms with van der Waals surface area (Å²) in [6, 6.07) is 14.9. The molecule has 5 rings (SSSR count). The first-order valence-corrected chi connectivity index (χ1v) is 9.58. The maximum atomic E-state index is 12.5. The number of H-pyrrole nitrogens is 1. The van der Waals surface area contributed by atoms with Crippen molar-refractivity contribution in [3.63, 3.8) is 0 Å². The predicted molar refractivity (Wildman–Crippen MR) is 111 cm³/mol. The molecular weight excluding hydrogens is 382 g/mol. The summed E-state index contributed by atoms with van der Waals surface area (Å²) in [6.07, 6.45) is 0.303. The zero-order valence-electron chi connectivity index (χ0n) is 16.5. The molecule has 0 radical (unpaired) electrons. The van der Waals surface area contributed by atoms with E-state index in [0.717, 1.165) is 27.9 Å². The van der Waals surface area contributed by atoms with Gasteiger partial charge in [0.25, 0.3) is 0 Å². The van der Waals surface area contributed by atoms with Gasteiger partial charge in [-0.2, -0.15) is 9.78 Å². The lowest BCUT2D eigenvalue weighted by Gasteiger charge is -2.24. The van der Waals surface area contributed by atoms with Gasteiger partial charge in [0.15, 0.2) is 0 Å². The molecule has 2 aromatic heterocycles. The monoisotopic (exact) mass is 401 g/mol. The topological polar surface area (TPSA) is 102 Å². The van der Waals surface area contributed by atoms with Crippen LogP contribution in [0.2, 0.25) is 0 Å². The third-order valence-corrected chi connectivity index (χ3v) is 5.41. The van der Waals surface area contributed by atoms with E-state index in [1.807, 2.05) is 43.3 Å². The lowest BCUT2D eigenvalue weighted by molar-refractivity contribution is -0.116. The largest absolute Gasteiger partial charge is 0.465 e. The van der Waals surface area contributed by atoms with Gasteiger partial charge in [-0.3, -0.25) is 4.79 Å². The second-order valence-electron chi connectivity index (χ2n) is 7.26. The number of aromatic nitrogens is 4. The molecule has 0 unspecified atom stereocenters. The van der Waals surface area contributed by atoms with E-state index in [-0.39, 0.29) is 11.8 Å². The number of ether oxygens (including phenoxy) is 1. The molecule has 0 spiro atoms. The van der Waals surface area contributed by atoms with Crippen molar-refractivity contribution >= 4 is 28.7 Å². The molecule has 8 nitrogen and oxygen atoms in total. The summed E-state index contributed by atoms with van der Waals surface area (Å²) in [6.45, 7) is 1.92. The third kappa shape index (κ3) is 2.85. The van der Waals surface area contributed by atoms with Crippen LogP contribution in [0.4, 0.5) is 5.82 Å². The van der Waals surface area contributed by atoms with Gasteiger partial charge in [-0.25, -0.2) is 9.78 Å². The molecule has 0 saturated heterocycles. The van der Waals surface area contributed by atoms with Gasteiger partial charge in [-0.15, -0.1) is 0 Å².